The molecule has 2 heterocycles. The van der Waals surface area contributed by atoms with Crippen molar-refractivity contribution in [2.75, 3.05) is 13.1 Å². The quantitative estimate of drug-likeness (QED) is 0.599. The Labute approximate surface area is 172 Å². The van der Waals surface area contributed by atoms with Crippen molar-refractivity contribution in [1.82, 2.24) is 9.88 Å². The maximum absolute atomic E-state index is 12.7. The van der Waals surface area contributed by atoms with Gasteiger partial charge in [-0.2, -0.15) is 0 Å². The average Bonchev–Trinajstić information content (AvgIpc) is 2.66. The smallest absolute Gasteiger partial charge is 0.405 e. The van der Waals surface area contributed by atoms with Crippen molar-refractivity contribution < 1.29 is 22.7 Å². The number of pyridine rings is 1. The second-order valence-electron chi connectivity index (χ2n) is 7.28. The number of halogens is 3. The Morgan fingerprint density at radius 3 is 2.66 bits per heavy atom. The molecule has 0 unspecified atom stereocenters. The molecule has 0 radical (unpaired) electrons. The highest BCUT2D eigenvalue weighted by Gasteiger charge is 2.32. The molecule has 1 aromatic heterocycles. The van der Waals surface area contributed by atoms with Crippen LogP contribution in [0.3, 0.4) is 0 Å². The number of hydrogen-bond donors (Lipinski definition) is 0. The third-order valence-corrected chi connectivity index (χ3v) is 5.89. The van der Waals surface area contributed by atoms with Crippen LogP contribution in [-0.4, -0.2) is 35.2 Å². The first-order valence-electron chi connectivity index (χ1n) is 9.45. The molecule has 8 heteroatoms. The molecule has 0 aliphatic carbocycles. The lowest BCUT2D eigenvalue weighted by molar-refractivity contribution is -0.275. The van der Waals surface area contributed by atoms with Gasteiger partial charge in [-0.25, -0.2) is 4.98 Å². The van der Waals surface area contributed by atoms with Crippen LogP contribution < -0.4 is 4.74 Å². The van der Waals surface area contributed by atoms with Gasteiger partial charge in [-0.1, -0.05) is 19.1 Å². The molecule has 1 aromatic carbocycles. The molecule has 0 N–H and O–H groups in total. The number of likely N-dealkylation sites (tertiary alicyclic amines) is 1. The zero-order valence-electron chi connectivity index (χ0n) is 16.3. The summed E-state index contributed by atoms with van der Waals surface area (Å²) in [4.78, 5) is 19.3. The van der Waals surface area contributed by atoms with E-state index in [1.54, 1.807) is 37.3 Å². The summed E-state index contributed by atoms with van der Waals surface area (Å²) in [5, 5.41) is 0. The van der Waals surface area contributed by atoms with Crippen LogP contribution in [0.25, 0.3) is 0 Å². The molecule has 1 fully saturated rings. The van der Waals surface area contributed by atoms with E-state index in [2.05, 4.69) is 16.6 Å². The summed E-state index contributed by atoms with van der Waals surface area (Å²) in [5.41, 5.74) is 1.67. The highest BCUT2D eigenvalue weighted by Crippen LogP contribution is 2.35. The fraction of sp³-hybridized carbons (Fsp3) is 0.429. The number of benzene rings is 1. The minimum atomic E-state index is -4.75. The normalized spacial score (nSPS) is 15.4. The van der Waals surface area contributed by atoms with E-state index in [1.807, 2.05) is 4.90 Å². The van der Waals surface area contributed by atoms with E-state index in [9.17, 15) is 18.0 Å². The molecule has 4 nitrogen and oxygen atoms in total. The molecule has 0 atom stereocenters. The largest absolute Gasteiger partial charge is 0.573 e. The van der Waals surface area contributed by atoms with Gasteiger partial charge in [0.2, 0.25) is 0 Å². The van der Waals surface area contributed by atoms with Gasteiger partial charge in [0.1, 0.15) is 11.4 Å². The Morgan fingerprint density at radius 2 is 1.97 bits per heavy atom. The predicted molar refractivity (Wildman–Crippen MR) is 106 cm³/mol. The van der Waals surface area contributed by atoms with Crippen molar-refractivity contribution in [3.05, 3.63) is 53.3 Å². The molecule has 1 aliphatic rings. The summed E-state index contributed by atoms with van der Waals surface area (Å²) in [6, 6.07) is 9.89. The molecular formula is C21H23F3N2O2S. The van der Waals surface area contributed by atoms with Crippen LogP contribution in [0.2, 0.25) is 0 Å². The number of nitrogens with zero attached hydrogens (tertiary/aromatic N) is 2. The first-order chi connectivity index (χ1) is 13.7. The lowest BCUT2D eigenvalue weighted by atomic mass is 9.99. The standard InChI is InChI=1S/C21H23F3N2O2S/c1-14-8-10-26(11-9-14)20(27)17-5-3-4-16(25-17)13-29-19-7-6-15(2)12-18(19)28-21(22,23)24/h3-7,12,14H,8-11,13H2,1-2H3. The molecule has 2 aromatic rings. The van der Waals surface area contributed by atoms with Crippen LogP contribution in [0.4, 0.5) is 13.2 Å². The fourth-order valence-electron chi connectivity index (χ4n) is 3.14. The second kappa shape index (κ2) is 9.07. The van der Waals surface area contributed by atoms with Gasteiger partial charge in [0.15, 0.2) is 0 Å². The molecular weight excluding hydrogens is 401 g/mol. The maximum Gasteiger partial charge on any atom is 0.573 e. The van der Waals surface area contributed by atoms with Crippen LogP contribution in [0.5, 0.6) is 5.75 Å². The van der Waals surface area contributed by atoms with Crippen molar-refractivity contribution in [2.24, 2.45) is 5.92 Å². The average molecular weight is 424 g/mol. The number of piperidine rings is 1. The summed E-state index contributed by atoms with van der Waals surface area (Å²) < 4.78 is 42.2. The lowest BCUT2D eigenvalue weighted by Crippen LogP contribution is -2.38. The van der Waals surface area contributed by atoms with E-state index < -0.39 is 6.36 Å². The van der Waals surface area contributed by atoms with Crippen molar-refractivity contribution in [1.29, 1.82) is 0 Å². The van der Waals surface area contributed by atoms with Gasteiger partial charge in [0.05, 0.1) is 10.6 Å². The topological polar surface area (TPSA) is 42.4 Å². The third kappa shape index (κ3) is 6.13. The Balaban J connectivity index is 1.69. The first-order valence-corrected chi connectivity index (χ1v) is 10.4. The van der Waals surface area contributed by atoms with E-state index in [0.29, 0.717) is 33.5 Å². The van der Waals surface area contributed by atoms with Crippen LogP contribution in [0, 0.1) is 12.8 Å². The van der Waals surface area contributed by atoms with Gasteiger partial charge in [-0.05, 0) is 55.5 Å². The molecule has 156 valence electrons. The molecule has 29 heavy (non-hydrogen) atoms. The SMILES string of the molecule is Cc1ccc(SCc2cccc(C(=O)N3CCC(C)CC3)n2)c(OC(F)(F)F)c1. The van der Waals surface area contributed by atoms with Crippen LogP contribution in [-0.2, 0) is 5.75 Å². The van der Waals surface area contributed by atoms with Crippen LogP contribution >= 0.6 is 11.8 Å². The van der Waals surface area contributed by atoms with Crippen molar-refractivity contribution in [3.63, 3.8) is 0 Å². The summed E-state index contributed by atoms with van der Waals surface area (Å²) in [7, 11) is 0. The number of aromatic nitrogens is 1. The fourth-order valence-corrected chi connectivity index (χ4v) is 4.01. The molecule has 0 saturated carbocycles. The van der Waals surface area contributed by atoms with E-state index in [-0.39, 0.29) is 11.7 Å². The minimum absolute atomic E-state index is 0.0971. The van der Waals surface area contributed by atoms with E-state index >= 15 is 0 Å². The van der Waals surface area contributed by atoms with Gasteiger partial charge in [-0.3, -0.25) is 4.79 Å². The molecule has 0 spiro atoms. The Kier molecular flexibility index (Phi) is 6.72. The summed E-state index contributed by atoms with van der Waals surface area (Å²) in [5.74, 6) is 0.629. The van der Waals surface area contributed by atoms with Crippen molar-refractivity contribution in [3.8, 4) is 5.75 Å². The van der Waals surface area contributed by atoms with E-state index in [0.717, 1.165) is 25.9 Å². The highest BCUT2D eigenvalue weighted by molar-refractivity contribution is 7.98. The second-order valence-corrected chi connectivity index (χ2v) is 8.29. The number of aryl methyl sites for hydroxylation is 1. The Hall–Kier alpha value is -2.22. The number of carbonyl (C=O) groups is 1. The first kappa shape index (κ1) is 21.5. The molecule has 3 rings (SSSR count). The van der Waals surface area contributed by atoms with E-state index in [1.165, 1.54) is 17.8 Å². The molecule has 0 bridgehead atoms. The predicted octanol–water partition coefficient (Wildman–Crippen LogP) is 5.45. The number of hydrogen-bond acceptors (Lipinski definition) is 4. The monoisotopic (exact) mass is 424 g/mol. The number of alkyl halides is 3. The number of carbonyl (C=O) groups excluding carboxylic acids is 1. The summed E-state index contributed by atoms with van der Waals surface area (Å²) in [6.45, 7) is 5.33. The van der Waals surface area contributed by atoms with Gasteiger partial charge in [0.25, 0.3) is 5.91 Å². The van der Waals surface area contributed by atoms with Gasteiger partial charge in [0, 0.05) is 18.8 Å². The van der Waals surface area contributed by atoms with Gasteiger partial charge in [-0.15, -0.1) is 24.9 Å². The highest BCUT2D eigenvalue weighted by atomic mass is 32.2. The number of rotatable bonds is 5. The summed E-state index contributed by atoms with van der Waals surface area (Å²) in [6.07, 6.45) is -2.78. The zero-order chi connectivity index (χ0) is 21.0. The Morgan fingerprint density at radius 1 is 1.24 bits per heavy atom. The van der Waals surface area contributed by atoms with E-state index in [4.69, 9.17) is 0 Å². The third-order valence-electron chi connectivity index (χ3n) is 4.80. The summed E-state index contributed by atoms with van der Waals surface area (Å²) >= 11 is 1.19. The van der Waals surface area contributed by atoms with Gasteiger partial charge < -0.3 is 9.64 Å². The minimum Gasteiger partial charge on any atom is -0.405 e. The molecule has 1 amide bonds. The van der Waals surface area contributed by atoms with Crippen LogP contribution in [0.1, 0.15) is 41.5 Å². The Bertz CT molecular complexity index is 865. The maximum atomic E-state index is 12.7. The van der Waals surface area contributed by atoms with Crippen molar-refractivity contribution in [2.45, 2.75) is 43.7 Å². The molecule has 1 aliphatic heterocycles. The zero-order valence-corrected chi connectivity index (χ0v) is 17.1. The van der Waals surface area contributed by atoms with Crippen molar-refractivity contribution >= 4 is 17.7 Å². The lowest BCUT2D eigenvalue weighted by Gasteiger charge is -2.30. The number of amides is 1. The van der Waals surface area contributed by atoms with Crippen LogP contribution in [0.15, 0.2) is 41.3 Å². The number of thioether (sulfide) groups is 1. The number of ether oxygens (including phenoxy) is 1. The molecule has 1 saturated heterocycles. The van der Waals surface area contributed by atoms with Gasteiger partial charge >= 0.3 is 6.36 Å².